The molecule has 0 unspecified atom stereocenters. The molecule has 134 valence electrons. The number of benzene rings is 1. The number of fused-ring (bicyclic) bond motifs is 1. The van der Waals surface area contributed by atoms with Gasteiger partial charge in [-0.2, -0.15) is 0 Å². The summed E-state index contributed by atoms with van der Waals surface area (Å²) in [5, 5.41) is 0. The molecule has 0 aromatic heterocycles. The van der Waals surface area contributed by atoms with Crippen molar-refractivity contribution in [2.75, 3.05) is 6.54 Å². The van der Waals surface area contributed by atoms with Crippen molar-refractivity contribution in [1.29, 1.82) is 0 Å². The summed E-state index contributed by atoms with van der Waals surface area (Å²) in [4.78, 5) is 38.2. The second kappa shape index (κ2) is 7.38. The van der Waals surface area contributed by atoms with E-state index in [1.807, 2.05) is 18.2 Å². The van der Waals surface area contributed by atoms with Crippen LogP contribution < -0.4 is 4.74 Å². The fourth-order valence-electron chi connectivity index (χ4n) is 3.77. The third kappa shape index (κ3) is 3.75. The van der Waals surface area contributed by atoms with E-state index in [2.05, 4.69) is 13.8 Å². The average molecular weight is 343 g/mol. The van der Waals surface area contributed by atoms with Crippen LogP contribution in [0.4, 0.5) is 0 Å². The smallest absolute Gasteiger partial charge is 0.312 e. The van der Waals surface area contributed by atoms with E-state index in [0.29, 0.717) is 11.7 Å². The molecule has 1 saturated heterocycles. The average Bonchev–Trinajstić information content (AvgIpc) is 2.85. The van der Waals surface area contributed by atoms with Gasteiger partial charge in [-0.15, -0.1) is 0 Å². The monoisotopic (exact) mass is 343 g/mol. The molecule has 2 aliphatic rings. The molecule has 2 amide bonds. The summed E-state index contributed by atoms with van der Waals surface area (Å²) in [6, 6.07) is 7.44. The molecule has 1 heterocycles. The van der Waals surface area contributed by atoms with Crippen molar-refractivity contribution >= 4 is 17.8 Å². The number of carbonyl (C=O) groups is 3. The lowest BCUT2D eigenvalue weighted by Crippen LogP contribution is -2.33. The van der Waals surface area contributed by atoms with Gasteiger partial charge in [0.2, 0.25) is 11.8 Å². The number of hydrogen-bond donors (Lipinski definition) is 0. The maximum absolute atomic E-state index is 12.4. The van der Waals surface area contributed by atoms with Crippen molar-refractivity contribution < 1.29 is 19.1 Å². The molecule has 1 aliphatic carbocycles. The number of nitrogens with zero attached hydrogens (tertiary/aromatic N) is 1. The first-order valence-corrected chi connectivity index (χ1v) is 9.13. The minimum absolute atomic E-state index is 0.0306. The maximum Gasteiger partial charge on any atom is 0.312 e. The van der Waals surface area contributed by atoms with Crippen LogP contribution in [0.3, 0.4) is 0 Å². The van der Waals surface area contributed by atoms with Gasteiger partial charge in [-0.3, -0.25) is 19.3 Å². The van der Waals surface area contributed by atoms with Crippen molar-refractivity contribution in [3.8, 4) is 5.75 Å². The largest absolute Gasteiger partial charge is 0.426 e. The van der Waals surface area contributed by atoms with Crippen LogP contribution in [0.1, 0.15) is 57.4 Å². The number of amides is 2. The van der Waals surface area contributed by atoms with Gasteiger partial charge in [0, 0.05) is 6.54 Å². The van der Waals surface area contributed by atoms with Crippen LogP contribution in [0.5, 0.6) is 5.75 Å². The van der Waals surface area contributed by atoms with Crippen LogP contribution in [0.15, 0.2) is 24.3 Å². The van der Waals surface area contributed by atoms with Gasteiger partial charge in [-0.05, 0) is 36.5 Å². The molecular formula is C20H25NO4. The Kier molecular flexibility index (Phi) is 5.21. The molecule has 0 N–H and O–H groups in total. The van der Waals surface area contributed by atoms with Crippen LogP contribution in [-0.4, -0.2) is 29.2 Å². The Labute approximate surface area is 148 Å². The van der Waals surface area contributed by atoms with Crippen LogP contribution in [0.25, 0.3) is 0 Å². The van der Waals surface area contributed by atoms with Crippen LogP contribution in [0, 0.1) is 11.8 Å². The van der Waals surface area contributed by atoms with E-state index in [0.717, 1.165) is 31.2 Å². The Hall–Kier alpha value is -2.17. The summed E-state index contributed by atoms with van der Waals surface area (Å²) in [7, 11) is 0. The molecule has 0 bridgehead atoms. The molecule has 5 nitrogen and oxygen atoms in total. The van der Waals surface area contributed by atoms with E-state index in [1.165, 1.54) is 4.90 Å². The third-order valence-electron chi connectivity index (χ3n) is 5.23. The Morgan fingerprint density at radius 3 is 2.40 bits per heavy atom. The summed E-state index contributed by atoms with van der Waals surface area (Å²) < 4.78 is 5.37. The maximum atomic E-state index is 12.4. The third-order valence-corrected chi connectivity index (χ3v) is 5.23. The number of likely N-dealkylation sites (tertiary alicyclic amines) is 1. The van der Waals surface area contributed by atoms with Gasteiger partial charge in [-0.1, -0.05) is 38.8 Å². The summed E-state index contributed by atoms with van der Waals surface area (Å²) in [5.74, 6) is -0.115. The quantitative estimate of drug-likeness (QED) is 0.467. The molecule has 3 rings (SSSR count). The zero-order chi connectivity index (χ0) is 18.0. The van der Waals surface area contributed by atoms with Gasteiger partial charge in [0.05, 0.1) is 18.3 Å². The van der Waals surface area contributed by atoms with Crippen LogP contribution in [0.2, 0.25) is 0 Å². The Morgan fingerprint density at radius 2 is 1.80 bits per heavy atom. The van der Waals surface area contributed by atoms with Gasteiger partial charge in [-0.25, -0.2) is 0 Å². The van der Waals surface area contributed by atoms with Crippen molar-refractivity contribution in [2.24, 2.45) is 11.8 Å². The normalized spacial score (nSPS) is 23.1. The lowest BCUT2D eigenvalue weighted by atomic mass is 9.81. The van der Waals surface area contributed by atoms with Crippen LogP contribution in [-0.2, 0) is 14.4 Å². The molecule has 0 radical (unpaired) electrons. The number of rotatable bonds is 5. The summed E-state index contributed by atoms with van der Waals surface area (Å²) in [5.41, 5.74) is 1.10. The van der Waals surface area contributed by atoms with Crippen molar-refractivity contribution in [2.45, 2.75) is 51.9 Å². The number of ether oxygens (including phenoxy) is 1. The Bertz CT molecular complexity index is 658. The van der Waals surface area contributed by atoms with E-state index in [9.17, 15) is 14.4 Å². The SMILES string of the molecule is CC(C)c1cccc(OC(=O)CCN2C(=O)[C@@H]3CCCC[C@H]3C2=O)c1. The highest BCUT2D eigenvalue weighted by atomic mass is 16.5. The van der Waals surface area contributed by atoms with Gasteiger partial charge < -0.3 is 4.74 Å². The van der Waals surface area contributed by atoms with Gasteiger partial charge in [0.1, 0.15) is 5.75 Å². The molecule has 5 heteroatoms. The van der Waals surface area contributed by atoms with Crippen LogP contribution >= 0.6 is 0 Å². The van der Waals surface area contributed by atoms with E-state index in [-0.39, 0.29) is 36.6 Å². The Balaban J connectivity index is 1.56. The highest BCUT2D eigenvalue weighted by molar-refractivity contribution is 6.05. The van der Waals surface area contributed by atoms with Gasteiger partial charge >= 0.3 is 5.97 Å². The first-order valence-electron chi connectivity index (χ1n) is 9.13. The summed E-state index contributed by atoms with van der Waals surface area (Å²) in [6.45, 7) is 4.27. The van der Waals surface area contributed by atoms with Crippen molar-refractivity contribution in [1.82, 2.24) is 4.90 Å². The number of esters is 1. The van der Waals surface area contributed by atoms with E-state index < -0.39 is 5.97 Å². The number of hydrogen-bond acceptors (Lipinski definition) is 4. The molecular weight excluding hydrogens is 318 g/mol. The van der Waals surface area contributed by atoms with E-state index in [1.54, 1.807) is 6.07 Å². The van der Waals surface area contributed by atoms with E-state index in [4.69, 9.17) is 4.74 Å². The standard InChI is InChI=1S/C20H25NO4/c1-13(2)14-6-5-7-15(12-14)25-18(22)10-11-21-19(23)16-8-3-4-9-17(16)20(21)24/h5-7,12-13,16-17H,3-4,8-11H2,1-2H3/t16-,17-/m1/s1. The topological polar surface area (TPSA) is 63.7 Å². The molecule has 1 aromatic rings. The fourth-order valence-corrected chi connectivity index (χ4v) is 3.77. The molecule has 1 aliphatic heterocycles. The summed E-state index contributed by atoms with van der Waals surface area (Å²) >= 11 is 0. The first kappa shape index (κ1) is 17.6. The molecule has 1 saturated carbocycles. The van der Waals surface area contributed by atoms with E-state index >= 15 is 0 Å². The second-order valence-electron chi connectivity index (χ2n) is 7.28. The van der Waals surface area contributed by atoms with Gasteiger partial charge in [0.15, 0.2) is 0 Å². The Morgan fingerprint density at radius 1 is 1.16 bits per heavy atom. The highest BCUT2D eigenvalue weighted by Crippen LogP contribution is 2.38. The predicted octanol–water partition coefficient (Wildman–Crippen LogP) is 3.28. The molecule has 2 fully saturated rings. The van der Waals surface area contributed by atoms with Crippen molar-refractivity contribution in [3.05, 3.63) is 29.8 Å². The number of carbonyl (C=O) groups excluding carboxylic acids is 3. The zero-order valence-corrected chi connectivity index (χ0v) is 14.9. The second-order valence-corrected chi connectivity index (χ2v) is 7.28. The molecule has 2 atom stereocenters. The first-order chi connectivity index (χ1) is 12.0. The highest BCUT2D eigenvalue weighted by Gasteiger charge is 2.47. The lowest BCUT2D eigenvalue weighted by Gasteiger charge is -2.19. The molecule has 25 heavy (non-hydrogen) atoms. The lowest BCUT2D eigenvalue weighted by molar-refractivity contribution is -0.141. The number of imide groups is 1. The molecule has 0 spiro atoms. The predicted molar refractivity (Wildman–Crippen MR) is 93.0 cm³/mol. The fraction of sp³-hybridized carbons (Fsp3) is 0.550. The summed E-state index contributed by atoms with van der Waals surface area (Å²) in [6.07, 6.45) is 3.61. The molecule has 1 aromatic carbocycles. The minimum atomic E-state index is -0.420. The van der Waals surface area contributed by atoms with Crippen molar-refractivity contribution in [3.63, 3.8) is 0 Å². The zero-order valence-electron chi connectivity index (χ0n) is 14.9. The minimum Gasteiger partial charge on any atom is -0.426 e. The van der Waals surface area contributed by atoms with Gasteiger partial charge in [0.25, 0.3) is 0 Å².